The van der Waals surface area contributed by atoms with Crippen LogP contribution in [0.4, 0.5) is 5.69 Å². The zero-order valence-electron chi connectivity index (χ0n) is 8.66. The minimum atomic E-state index is 0.141. The molecule has 0 aliphatic carbocycles. The van der Waals surface area contributed by atoms with Gasteiger partial charge in [0.15, 0.2) is 0 Å². The molecule has 0 spiro atoms. The number of nitrogens with two attached hydrogens (primary N) is 1. The van der Waals surface area contributed by atoms with Gasteiger partial charge in [-0.2, -0.15) is 5.26 Å². The Morgan fingerprint density at radius 3 is 2.43 bits per heavy atom. The van der Waals surface area contributed by atoms with E-state index in [1.54, 1.807) is 23.9 Å². The van der Waals surface area contributed by atoms with Crippen molar-refractivity contribution in [3.05, 3.63) is 23.8 Å². The molecular weight excluding hydrogens is 192 g/mol. The highest BCUT2D eigenvalue weighted by molar-refractivity contribution is 8.00. The predicted molar refractivity (Wildman–Crippen MR) is 61.2 cm³/mol. The lowest BCUT2D eigenvalue weighted by atomic mass is 10.2. The van der Waals surface area contributed by atoms with Crippen LogP contribution in [-0.2, 0) is 0 Å². The quantitative estimate of drug-likeness (QED) is 0.567. The molecule has 0 bridgehead atoms. The van der Waals surface area contributed by atoms with E-state index in [1.165, 1.54) is 0 Å². The predicted octanol–water partition coefficient (Wildman–Crippen LogP) is 3.03. The molecular formula is C11H14N2S. The second kappa shape index (κ2) is 3.93. The van der Waals surface area contributed by atoms with Crippen molar-refractivity contribution in [3.63, 3.8) is 0 Å². The number of thioether (sulfide) groups is 1. The van der Waals surface area contributed by atoms with Gasteiger partial charge in [0.25, 0.3) is 0 Å². The summed E-state index contributed by atoms with van der Waals surface area (Å²) >= 11 is 1.71. The van der Waals surface area contributed by atoms with E-state index in [0.29, 0.717) is 11.3 Å². The Morgan fingerprint density at radius 1 is 1.36 bits per heavy atom. The summed E-state index contributed by atoms with van der Waals surface area (Å²) in [5.74, 6) is 0. The Bertz CT molecular complexity index is 372. The van der Waals surface area contributed by atoms with Gasteiger partial charge in [0.1, 0.15) is 0 Å². The molecule has 0 unspecified atom stereocenters. The third-order valence-electron chi connectivity index (χ3n) is 1.56. The molecule has 2 nitrogen and oxygen atoms in total. The van der Waals surface area contributed by atoms with Gasteiger partial charge in [-0.05, 0) is 18.2 Å². The Hall–Kier alpha value is -1.14. The molecule has 0 saturated carbocycles. The summed E-state index contributed by atoms with van der Waals surface area (Å²) in [5, 5.41) is 8.67. The average molecular weight is 206 g/mol. The van der Waals surface area contributed by atoms with Crippen LogP contribution < -0.4 is 5.73 Å². The molecule has 0 fully saturated rings. The number of benzene rings is 1. The largest absolute Gasteiger partial charge is 0.398 e. The van der Waals surface area contributed by atoms with Crippen LogP contribution in [0.2, 0.25) is 0 Å². The first-order chi connectivity index (χ1) is 6.42. The maximum Gasteiger partial charge on any atom is 0.0992 e. The molecule has 0 aliphatic heterocycles. The van der Waals surface area contributed by atoms with Gasteiger partial charge in [0.05, 0.1) is 11.6 Å². The van der Waals surface area contributed by atoms with E-state index in [-0.39, 0.29) is 4.75 Å². The van der Waals surface area contributed by atoms with Crippen LogP contribution in [0.15, 0.2) is 23.1 Å². The standard InChI is InChI=1S/C11H14N2S/c1-11(2,3)14-10-5-4-8(7-12)6-9(10)13/h4-6H,13H2,1-3H3. The fourth-order valence-electron chi connectivity index (χ4n) is 1.04. The van der Waals surface area contributed by atoms with Crippen LogP contribution in [0.5, 0.6) is 0 Å². The van der Waals surface area contributed by atoms with Crippen molar-refractivity contribution in [1.82, 2.24) is 0 Å². The second-order valence-electron chi connectivity index (χ2n) is 4.08. The molecule has 14 heavy (non-hydrogen) atoms. The molecule has 1 aromatic rings. The molecule has 2 N–H and O–H groups in total. The lowest BCUT2D eigenvalue weighted by Gasteiger charge is -2.18. The highest BCUT2D eigenvalue weighted by Crippen LogP contribution is 2.35. The van der Waals surface area contributed by atoms with Gasteiger partial charge >= 0.3 is 0 Å². The van der Waals surface area contributed by atoms with Crippen LogP contribution in [0.1, 0.15) is 26.3 Å². The summed E-state index contributed by atoms with van der Waals surface area (Å²) in [6.07, 6.45) is 0. The number of anilines is 1. The van der Waals surface area contributed by atoms with Crippen LogP contribution in [-0.4, -0.2) is 4.75 Å². The average Bonchev–Trinajstić information content (AvgIpc) is 2.06. The highest BCUT2D eigenvalue weighted by Gasteiger charge is 2.13. The monoisotopic (exact) mass is 206 g/mol. The van der Waals surface area contributed by atoms with Gasteiger partial charge in [0, 0.05) is 15.3 Å². The van der Waals surface area contributed by atoms with Crippen molar-refractivity contribution in [2.24, 2.45) is 0 Å². The lowest BCUT2D eigenvalue weighted by Crippen LogP contribution is -2.07. The SMILES string of the molecule is CC(C)(C)Sc1ccc(C#N)cc1N. The number of rotatable bonds is 1. The topological polar surface area (TPSA) is 49.8 Å². The molecule has 1 aromatic carbocycles. The van der Waals surface area contributed by atoms with E-state index in [2.05, 4.69) is 26.8 Å². The molecule has 3 heteroatoms. The smallest absolute Gasteiger partial charge is 0.0992 e. The first-order valence-electron chi connectivity index (χ1n) is 4.41. The number of nitriles is 1. The minimum absolute atomic E-state index is 0.141. The van der Waals surface area contributed by atoms with E-state index in [4.69, 9.17) is 11.0 Å². The minimum Gasteiger partial charge on any atom is -0.398 e. The fraction of sp³-hybridized carbons (Fsp3) is 0.364. The van der Waals surface area contributed by atoms with Crippen molar-refractivity contribution in [2.75, 3.05) is 5.73 Å². The van der Waals surface area contributed by atoms with Crippen molar-refractivity contribution in [1.29, 1.82) is 5.26 Å². The van der Waals surface area contributed by atoms with E-state index in [1.807, 2.05) is 6.07 Å². The van der Waals surface area contributed by atoms with Crippen LogP contribution in [0.25, 0.3) is 0 Å². The summed E-state index contributed by atoms with van der Waals surface area (Å²) < 4.78 is 0.141. The van der Waals surface area contributed by atoms with Gasteiger partial charge in [-0.1, -0.05) is 20.8 Å². The molecule has 0 radical (unpaired) electrons. The normalized spacial score (nSPS) is 11.0. The van der Waals surface area contributed by atoms with Gasteiger partial charge in [-0.3, -0.25) is 0 Å². The summed E-state index contributed by atoms with van der Waals surface area (Å²) in [6, 6.07) is 7.49. The molecule has 0 aromatic heterocycles. The molecule has 1 rings (SSSR count). The fourth-order valence-corrected chi connectivity index (χ4v) is 2.01. The van der Waals surface area contributed by atoms with Crippen LogP contribution in [0.3, 0.4) is 0 Å². The summed E-state index contributed by atoms with van der Waals surface area (Å²) in [4.78, 5) is 1.04. The van der Waals surface area contributed by atoms with Crippen molar-refractivity contribution in [2.45, 2.75) is 30.4 Å². The van der Waals surface area contributed by atoms with Crippen molar-refractivity contribution in [3.8, 4) is 6.07 Å². The first-order valence-corrected chi connectivity index (χ1v) is 5.23. The Kier molecular flexibility index (Phi) is 3.07. The van der Waals surface area contributed by atoms with E-state index >= 15 is 0 Å². The highest BCUT2D eigenvalue weighted by atomic mass is 32.2. The van der Waals surface area contributed by atoms with Gasteiger partial charge in [0.2, 0.25) is 0 Å². The molecule has 0 atom stereocenters. The zero-order chi connectivity index (χ0) is 10.8. The van der Waals surface area contributed by atoms with Gasteiger partial charge < -0.3 is 5.73 Å². The Labute approximate surface area is 89.1 Å². The second-order valence-corrected chi connectivity index (χ2v) is 5.95. The number of hydrogen-bond donors (Lipinski definition) is 1. The molecule has 0 aliphatic rings. The molecule has 0 amide bonds. The zero-order valence-corrected chi connectivity index (χ0v) is 9.48. The van der Waals surface area contributed by atoms with E-state index < -0.39 is 0 Å². The van der Waals surface area contributed by atoms with Crippen molar-refractivity contribution >= 4 is 17.4 Å². The number of nitrogens with zero attached hydrogens (tertiary/aromatic N) is 1. The molecule has 0 heterocycles. The van der Waals surface area contributed by atoms with Crippen molar-refractivity contribution < 1.29 is 0 Å². The Morgan fingerprint density at radius 2 is 2.00 bits per heavy atom. The summed E-state index contributed by atoms with van der Waals surface area (Å²) in [6.45, 7) is 6.40. The third kappa shape index (κ3) is 2.97. The summed E-state index contributed by atoms with van der Waals surface area (Å²) in [7, 11) is 0. The lowest BCUT2D eigenvalue weighted by molar-refractivity contribution is 0.803. The van der Waals surface area contributed by atoms with E-state index in [9.17, 15) is 0 Å². The van der Waals surface area contributed by atoms with E-state index in [0.717, 1.165) is 4.90 Å². The summed E-state index contributed by atoms with van der Waals surface area (Å²) in [5.41, 5.74) is 7.13. The molecule has 74 valence electrons. The molecule has 0 saturated heterocycles. The maximum atomic E-state index is 8.67. The van der Waals surface area contributed by atoms with Crippen LogP contribution >= 0.6 is 11.8 Å². The number of hydrogen-bond acceptors (Lipinski definition) is 3. The Balaban J connectivity index is 2.97. The van der Waals surface area contributed by atoms with Gasteiger partial charge in [-0.25, -0.2) is 0 Å². The number of nitrogen functional groups attached to an aromatic ring is 1. The first kappa shape index (κ1) is 10.9. The third-order valence-corrected chi connectivity index (χ3v) is 2.76. The maximum absolute atomic E-state index is 8.67. The van der Waals surface area contributed by atoms with Gasteiger partial charge in [-0.15, -0.1) is 11.8 Å². The van der Waals surface area contributed by atoms with Crippen LogP contribution in [0, 0.1) is 11.3 Å².